The van der Waals surface area contributed by atoms with Crippen molar-refractivity contribution >= 4 is 17.5 Å². The van der Waals surface area contributed by atoms with E-state index in [9.17, 15) is 0 Å². The number of benzene rings is 1. The van der Waals surface area contributed by atoms with Crippen molar-refractivity contribution in [3.05, 3.63) is 66.2 Å². The maximum absolute atomic E-state index is 9.09. The van der Waals surface area contributed by atoms with Crippen molar-refractivity contribution in [2.45, 2.75) is 6.54 Å². The van der Waals surface area contributed by atoms with Gasteiger partial charge in [-0.15, -0.1) is 0 Å². The van der Waals surface area contributed by atoms with Gasteiger partial charge in [0.2, 0.25) is 5.95 Å². The van der Waals surface area contributed by atoms with Crippen molar-refractivity contribution in [1.29, 1.82) is 5.26 Å². The van der Waals surface area contributed by atoms with Crippen LogP contribution in [0.2, 0.25) is 0 Å². The third-order valence-electron chi connectivity index (χ3n) is 2.97. The smallest absolute Gasteiger partial charge is 0.229 e. The molecule has 0 amide bonds. The van der Waals surface area contributed by atoms with Gasteiger partial charge in [-0.2, -0.15) is 10.2 Å². The molecule has 2 heterocycles. The molecule has 0 aliphatic rings. The lowest BCUT2D eigenvalue weighted by Gasteiger charge is -2.08. The number of nitrogens with zero attached hydrogens (tertiary/aromatic N) is 3. The fourth-order valence-corrected chi connectivity index (χ4v) is 1.92. The van der Waals surface area contributed by atoms with Gasteiger partial charge in [-0.05, 0) is 30.3 Å². The van der Waals surface area contributed by atoms with Gasteiger partial charge in [-0.1, -0.05) is 12.1 Å². The Bertz CT molecular complexity index is 792. The second-order valence-electron chi connectivity index (χ2n) is 4.48. The van der Waals surface area contributed by atoms with Crippen LogP contribution in [0.3, 0.4) is 0 Å². The summed E-state index contributed by atoms with van der Waals surface area (Å²) >= 11 is 0. The summed E-state index contributed by atoms with van der Waals surface area (Å²) in [5, 5.41) is 15.3. The summed E-state index contributed by atoms with van der Waals surface area (Å²) < 4.78 is 5.25. The molecule has 1 aromatic carbocycles. The third kappa shape index (κ3) is 3.22. The molecule has 0 saturated heterocycles. The maximum atomic E-state index is 9.09. The molecule has 0 unspecified atom stereocenters. The Balaban J connectivity index is 1.72. The molecule has 0 aliphatic heterocycles. The average molecular weight is 291 g/mol. The molecule has 2 N–H and O–H groups in total. The molecule has 2 aromatic heterocycles. The summed E-state index contributed by atoms with van der Waals surface area (Å²) in [6.45, 7) is 0.540. The lowest BCUT2D eigenvalue weighted by molar-refractivity contribution is 0.518. The Morgan fingerprint density at radius 3 is 2.86 bits per heavy atom. The van der Waals surface area contributed by atoms with E-state index in [1.54, 1.807) is 24.6 Å². The van der Waals surface area contributed by atoms with Crippen molar-refractivity contribution in [2.24, 2.45) is 0 Å². The van der Waals surface area contributed by atoms with E-state index in [0.29, 0.717) is 29.6 Å². The molecule has 108 valence electrons. The molecule has 0 saturated carbocycles. The number of furan rings is 1. The van der Waals surface area contributed by atoms with Gasteiger partial charge >= 0.3 is 0 Å². The van der Waals surface area contributed by atoms with Crippen LogP contribution in [0.25, 0.3) is 0 Å². The first-order valence-corrected chi connectivity index (χ1v) is 6.70. The summed E-state index contributed by atoms with van der Waals surface area (Å²) in [5.41, 5.74) is 1.22. The van der Waals surface area contributed by atoms with Gasteiger partial charge in [0.1, 0.15) is 17.6 Å². The van der Waals surface area contributed by atoms with Crippen LogP contribution in [-0.2, 0) is 6.54 Å². The van der Waals surface area contributed by atoms with Crippen molar-refractivity contribution in [2.75, 3.05) is 10.6 Å². The second kappa shape index (κ2) is 6.41. The number of aromatic nitrogens is 2. The zero-order chi connectivity index (χ0) is 15.2. The number of anilines is 3. The monoisotopic (exact) mass is 291 g/mol. The number of hydrogen-bond donors (Lipinski definition) is 2. The van der Waals surface area contributed by atoms with Gasteiger partial charge in [0.25, 0.3) is 0 Å². The summed E-state index contributed by atoms with van der Waals surface area (Å²) in [4.78, 5) is 8.52. The zero-order valence-electron chi connectivity index (χ0n) is 11.7. The summed E-state index contributed by atoms with van der Waals surface area (Å²) in [6, 6.07) is 14.8. The number of hydrogen-bond acceptors (Lipinski definition) is 6. The van der Waals surface area contributed by atoms with E-state index in [0.717, 1.165) is 5.76 Å². The zero-order valence-corrected chi connectivity index (χ0v) is 11.7. The molecule has 3 rings (SSSR count). The molecule has 0 bridgehead atoms. The Morgan fingerprint density at radius 1 is 1.14 bits per heavy atom. The number of rotatable bonds is 5. The van der Waals surface area contributed by atoms with Crippen molar-refractivity contribution < 1.29 is 4.42 Å². The fourth-order valence-electron chi connectivity index (χ4n) is 1.92. The molecular formula is C16H13N5O. The van der Waals surface area contributed by atoms with Gasteiger partial charge in [0, 0.05) is 6.20 Å². The molecule has 6 heteroatoms. The van der Waals surface area contributed by atoms with E-state index in [4.69, 9.17) is 9.68 Å². The quantitative estimate of drug-likeness (QED) is 0.750. The summed E-state index contributed by atoms with van der Waals surface area (Å²) in [5.74, 6) is 1.92. The first-order chi connectivity index (χ1) is 10.8. The van der Waals surface area contributed by atoms with Crippen molar-refractivity contribution in [3.63, 3.8) is 0 Å². The molecule has 0 atom stereocenters. The van der Waals surface area contributed by atoms with Crippen LogP contribution in [0.5, 0.6) is 0 Å². The van der Waals surface area contributed by atoms with Gasteiger partial charge < -0.3 is 15.1 Å². The van der Waals surface area contributed by atoms with E-state index >= 15 is 0 Å². The Labute approximate surface area is 127 Å². The standard InChI is InChI=1S/C16H13N5O/c17-10-12-4-1-2-6-14(12)20-16-18-8-7-15(21-16)19-11-13-5-3-9-22-13/h1-9H,11H2,(H2,18,19,20,21). The van der Waals surface area contributed by atoms with E-state index < -0.39 is 0 Å². The predicted molar refractivity (Wildman–Crippen MR) is 82.5 cm³/mol. The largest absolute Gasteiger partial charge is 0.467 e. The van der Waals surface area contributed by atoms with Gasteiger partial charge in [0.05, 0.1) is 24.1 Å². The molecule has 0 radical (unpaired) electrons. The fraction of sp³-hybridized carbons (Fsp3) is 0.0625. The average Bonchev–Trinajstić information content (AvgIpc) is 3.07. The summed E-state index contributed by atoms with van der Waals surface area (Å²) in [7, 11) is 0. The van der Waals surface area contributed by atoms with Gasteiger partial charge in [-0.25, -0.2) is 4.98 Å². The van der Waals surface area contributed by atoms with Crippen LogP contribution < -0.4 is 10.6 Å². The number of nitrogens with one attached hydrogen (secondary N) is 2. The van der Waals surface area contributed by atoms with Crippen LogP contribution >= 0.6 is 0 Å². The van der Waals surface area contributed by atoms with E-state index in [2.05, 4.69) is 26.7 Å². The molecule has 0 aliphatic carbocycles. The maximum Gasteiger partial charge on any atom is 0.229 e. The lowest BCUT2D eigenvalue weighted by atomic mass is 10.2. The minimum atomic E-state index is 0.423. The highest BCUT2D eigenvalue weighted by atomic mass is 16.3. The highest BCUT2D eigenvalue weighted by Gasteiger charge is 2.04. The minimum absolute atomic E-state index is 0.423. The lowest BCUT2D eigenvalue weighted by Crippen LogP contribution is -2.04. The SMILES string of the molecule is N#Cc1ccccc1Nc1nccc(NCc2ccco2)n1. The number of nitriles is 1. The van der Waals surface area contributed by atoms with Crippen LogP contribution in [0, 0.1) is 11.3 Å². The molecular weight excluding hydrogens is 278 g/mol. The molecule has 22 heavy (non-hydrogen) atoms. The minimum Gasteiger partial charge on any atom is -0.467 e. The van der Waals surface area contributed by atoms with E-state index in [1.807, 2.05) is 30.3 Å². The normalized spacial score (nSPS) is 9.95. The summed E-state index contributed by atoms with van der Waals surface area (Å²) in [6.07, 6.45) is 3.28. The second-order valence-corrected chi connectivity index (χ2v) is 4.48. The van der Waals surface area contributed by atoms with Gasteiger partial charge in [0.15, 0.2) is 0 Å². The first kappa shape index (κ1) is 13.6. The highest BCUT2D eigenvalue weighted by molar-refractivity contribution is 5.63. The molecule has 0 spiro atoms. The van der Waals surface area contributed by atoms with Gasteiger partial charge in [-0.3, -0.25) is 0 Å². The third-order valence-corrected chi connectivity index (χ3v) is 2.97. The predicted octanol–water partition coefficient (Wildman–Crippen LogP) is 3.30. The van der Waals surface area contributed by atoms with Crippen LogP contribution in [0.4, 0.5) is 17.5 Å². The Kier molecular flexibility index (Phi) is 3.98. The Morgan fingerprint density at radius 2 is 2.05 bits per heavy atom. The van der Waals surface area contributed by atoms with Crippen LogP contribution in [0.1, 0.15) is 11.3 Å². The van der Waals surface area contributed by atoms with E-state index in [1.165, 1.54) is 0 Å². The topological polar surface area (TPSA) is 86.8 Å². The van der Waals surface area contributed by atoms with Crippen LogP contribution in [0.15, 0.2) is 59.3 Å². The van der Waals surface area contributed by atoms with Crippen LogP contribution in [-0.4, -0.2) is 9.97 Å². The number of para-hydroxylation sites is 1. The molecule has 6 nitrogen and oxygen atoms in total. The molecule has 0 fully saturated rings. The molecule has 3 aromatic rings. The first-order valence-electron chi connectivity index (χ1n) is 6.70. The van der Waals surface area contributed by atoms with Crippen molar-refractivity contribution in [3.8, 4) is 6.07 Å². The Hall–Kier alpha value is -3.33. The van der Waals surface area contributed by atoms with Crippen molar-refractivity contribution in [1.82, 2.24) is 9.97 Å². The van der Waals surface area contributed by atoms with E-state index in [-0.39, 0.29) is 0 Å². The highest BCUT2D eigenvalue weighted by Crippen LogP contribution is 2.18.